The number of pyridine rings is 1. The lowest BCUT2D eigenvalue weighted by atomic mass is 10.1. The fourth-order valence-corrected chi connectivity index (χ4v) is 4.00. The number of hydrogen-bond acceptors (Lipinski definition) is 2. The molecule has 0 N–H and O–H groups in total. The number of hydrogen-bond donors (Lipinski definition) is 0. The maximum absolute atomic E-state index is 6.02. The number of ether oxygens (including phenoxy) is 1. The van der Waals surface area contributed by atoms with Crippen LogP contribution in [0.5, 0.6) is 11.6 Å². The van der Waals surface area contributed by atoms with Gasteiger partial charge in [-0.1, -0.05) is 41.6 Å². The first-order valence-electron chi connectivity index (χ1n) is 8.09. The van der Waals surface area contributed by atoms with Crippen molar-refractivity contribution in [2.24, 2.45) is 0 Å². The summed E-state index contributed by atoms with van der Waals surface area (Å²) in [4.78, 5) is 4.59. The first-order valence-corrected chi connectivity index (χ1v) is 9.09. The molecule has 2 aromatic carbocycles. The molecule has 3 rings (SSSR count). The van der Waals surface area contributed by atoms with E-state index in [9.17, 15) is 0 Å². The summed E-state index contributed by atoms with van der Waals surface area (Å²) in [6.07, 6.45) is 0. The molecule has 0 amide bonds. The molecule has 2 nitrogen and oxygen atoms in total. The van der Waals surface area contributed by atoms with Crippen molar-refractivity contribution in [1.29, 1.82) is 0 Å². The highest BCUT2D eigenvalue weighted by atomic mass is 28.2. The largest absolute Gasteiger partial charge is 0.439 e. The Kier molecular flexibility index (Phi) is 4.81. The van der Waals surface area contributed by atoms with E-state index in [0.29, 0.717) is 15.4 Å². The summed E-state index contributed by atoms with van der Waals surface area (Å²) in [6.45, 7) is 8.48. The van der Waals surface area contributed by atoms with Crippen molar-refractivity contribution >= 4 is 19.9 Å². The van der Waals surface area contributed by atoms with E-state index >= 15 is 0 Å². The molecule has 24 heavy (non-hydrogen) atoms. The van der Waals surface area contributed by atoms with Gasteiger partial charge in [-0.15, -0.1) is 0 Å². The van der Waals surface area contributed by atoms with Gasteiger partial charge < -0.3 is 4.74 Å². The summed E-state index contributed by atoms with van der Waals surface area (Å²) in [7, 11) is 0.604. The standard InChI is InChI=1S/C21H21NOSi/c1-14-9-8-12-19(16(14)3)24-20-13-15(2)22-21(17(20)4)23-18-10-6-5-7-11-18/h5-13H,1-4H3. The zero-order valence-corrected chi connectivity index (χ0v) is 15.6. The van der Waals surface area contributed by atoms with Crippen molar-refractivity contribution in [1.82, 2.24) is 4.98 Å². The second-order valence-electron chi connectivity index (χ2n) is 6.03. The van der Waals surface area contributed by atoms with Gasteiger partial charge in [0.25, 0.3) is 0 Å². The van der Waals surface area contributed by atoms with Gasteiger partial charge >= 0.3 is 0 Å². The number of rotatable bonds is 4. The summed E-state index contributed by atoms with van der Waals surface area (Å²) >= 11 is 0. The molecule has 0 aliphatic heterocycles. The van der Waals surface area contributed by atoms with E-state index in [-0.39, 0.29) is 0 Å². The average Bonchev–Trinajstić information content (AvgIpc) is 2.57. The molecule has 0 saturated carbocycles. The Bertz CT molecular complexity index is 859. The highest BCUT2D eigenvalue weighted by Gasteiger charge is 2.12. The van der Waals surface area contributed by atoms with E-state index in [0.717, 1.165) is 17.0 Å². The van der Waals surface area contributed by atoms with Gasteiger partial charge in [0.1, 0.15) is 15.3 Å². The number of benzene rings is 2. The summed E-state index contributed by atoms with van der Waals surface area (Å²) < 4.78 is 6.02. The molecule has 2 radical (unpaired) electrons. The Labute approximate surface area is 146 Å². The molecule has 0 bridgehead atoms. The van der Waals surface area contributed by atoms with Gasteiger partial charge in [0.15, 0.2) is 0 Å². The molecule has 0 aliphatic rings. The van der Waals surface area contributed by atoms with Crippen LogP contribution in [0, 0.1) is 27.7 Å². The molecule has 0 aliphatic carbocycles. The summed E-state index contributed by atoms with van der Waals surface area (Å²) in [5.41, 5.74) is 4.81. The van der Waals surface area contributed by atoms with Crippen LogP contribution in [-0.2, 0) is 0 Å². The van der Waals surface area contributed by atoms with E-state index in [1.807, 2.05) is 37.3 Å². The molecule has 1 heterocycles. The monoisotopic (exact) mass is 331 g/mol. The van der Waals surface area contributed by atoms with Crippen LogP contribution in [0.3, 0.4) is 0 Å². The molecule has 0 fully saturated rings. The summed E-state index contributed by atoms with van der Waals surface area (Å²) in [5, 5.41) is 2.68. The van der Waals surface area contributed by atoms with Crippen LogP contribution in [-0.4, -0.2) is 14.5 Å². The molecule has 0 unspecified atom stereocenters. The SMILES string of the molecule is Cc1cc([Si]c2cccc(C)c2C)c(C)c(Oc2ccccc2)n1. The predicted molar refractivity (Wildman–Crippen MR) is 101 cm³/mol. The Morgan fingerprint density at radius 3 is 2.29 bits per heavy atom. The number of para-hydroxylation sites is 1. The maximum atomic E-state index is 6.02. The lowest BCUT2D eigenvalue weighted by molar-refractivity contribution is 0.458. The first kappa shape index (κ1) is 16.5. The Balaban J connectivity index is 1.95. The molecule has 1 aromatic heterocycles. The van der Waals surface area contributed by atoms with Gasteiger partial charge in [-0.25, -0.2) is 4.98 Å². The van der Waals surface area contributed by atoms with Crippen molar-refractivity contribution in [3.63, 3.8) is 0 Å². The van der Waals surface area contributed by atoms with Crippen LogP contribution >= 0.6 is 0 Å². The molecular weight excluding hydrogens is 310 g/mol. The van der Waals surface area contributed by atoms with Crippen molar-refractivity contribution in [3.8, 4) is 11.6 Å². The minimum Gasteiger partial charge on any atom is -0.439 e. The average molecular weight is 331 g/mol. The molecular formula is C21H21NOSi. The topological polar surface area (TPSA) is 22.1 Å². The highest BCUT2D eigenvalue weighted by Crippen LogP contribution is 2.21. The van der Waals surface area contributed by atoms with Gasteiger partial charge in [-0.05, 0) is 62.2 Å². The first-order chi connectivity index (χ1) is 11.5. The van der Waals surface area contributed by atoms with Crippen molar-refractivity contribution in [2.75, 3.05) is 0 Å². The third-order valence-electron chi connectivity index (χ3n) is 4.19. The normalized spacial score (nSPS) is 10.7. The van der Waals surface area contributed by atoms with E-state index in [1.165, 1.54) is 21.5 Å². The second kappa shape index (κ2) is 7.01. The Morgan fingerprint density at radius 2 is 1.54 bits per heavy atom. The fraction of sp³-hybridized carbons (Fsp3) is 0.190. The van der Waals surface area contributed by atoms with Gasteiger partial charge in [-0.3, -0.25) is 0 Å². The van der Waals surface area contributed by atoms with Crippen LogP contribution in [0.1, 0.15) is 22.4 Å². The maximum Gasteiger partial charge on any atom is 0.222 e. The van der Waals surface area contributed by atoms with E-state index in [4.69, 9.17) is 4.74 Å². The Hall–Kier alpha value is -2.39. The highest BCUT2D eigenvalue weighted by molar-refractivity contribution is 6.68. The van der Waals surface area contributed by atoms with Crippen LogP contribution in [0.25, 0.3) is 0 Å². The fourth-order valence-electron chi connectivity index (χ4n) is 2.57. The van der Waals surface area contributed by atoms with E-state index < -0.39 is 0 Å². The van der Waals surface area contributed by atoms with Crippen LogP contribution in [0.4, 0.5) is 0 Å². The lowest BCUT2D eigenvalue weighted by Crippen LogP contribution is -2.32. The number of aryl methyl sites for hydroxylation is 2. The van der Waals surface area contributed by atoms with Crippen molar-refractivity contribution in [2.45, 2.75) is 27.7 Å². The lowest BCUT2D eigenvalue weighted by Gasteiger charge is -2.14. The van der Waals surface area contributed by atoms with Crippen LogP contribution in [0.15, 0.2) is 54.6 Å². The zero-order chi connectivity index (χ0) is 17.1. The molecule has 3 aromatic rings. The second-order valence-corrected chi connectivity index (χ2v) is 7.36. The minimum atomic E-state index is 0.604. The number of aromatic nitrogens is 1. The van der Waals surface area contributed by atoms with E-state index in [2.05, 4.69) is 50.0 Å². The van der Waals surface area contributed by atoms with Gasteiger partial charge in [0.05, 0.1) is 0 Å². The summed E-state index contributed by atoms with van der Waals surface area (Å²) in [6, 6.07) is 18.5. The minimum absolute atomic E-state index is 0.604. The van der Waals surface area contributed by atoms with Crippen LogP contribution in [0.2, 0.25) is 0 Å². The third kappa shape index (κ3) is 3.57. The molecule has 0 atom stereocenters. The predicted octanol–water partition coefficient (Wildman–Crippen LogP) is 3.76. The molecule has 0 spiro atoms. The molecule has 3 heteroatoms. The molecule has 0 saturated heterocycles. The zero-order valence-electron chi connectivity index (χ0n) is 14.6. The summed E-state index contributed by atoms with van der Waals surface area (Å²) in [5.74, 6) is 1.52. The Morgan fingerprint density at radius 1 is 0.792 bits per heavy atom. The molecule has 120 valence electrons. The van der Waals surface area contributed by atoms with Crippen molar-refractivity contribution < 1.29 is 4.74 Å². The van der Waals surface area contributed by atoms with Crippen LogP contribution < -0.4 is 15.1 Å². The van der Waals surface area contributed by atoms with E-state index in [1.54, 1.807) is 0 Å². The van der Waals surface area contributed by atoms with Crippen molar-refractivity contribution in [3.05, 3.63) is 77.0 Å². The van der Waals surface area contributed by atoms with Gasteiger partial charge in [-0.2, -0.15) is 0 Å². The number of nitrogens with zero attached hydrogens (tertiary/aromatic N) is 1. The van der Waals surface area contributed by atoms with Gasteiger partial charge in [0.2, 0.25) is 5.88 Å². The smallest absolute Gasteiger partial charge is 0.222 e. The quantitative estimate of drug-likeness (QED) is 0.679. The van der Waals surface area contributed by atoms with Gasteiger partial charge in [0, 0.05) is 11.3 Å². The third-order valence-corrected chi connectivity index (χ3v) is 5.79.